The molecule has 0 radical (unpaired) electrons. The smallest absolute Gasteiger partial charge is 0.0623 e. The van der Waals surface area contributed by atoms with Crippen molar-refractivity contribution in [1.82, 2.24) is 0 Å². The molecule has 294 valence electrons. The van der Waals surface area contributed by atoms with Crippen molar-refractivity contribution in [3.8, 4) is 77.9 Å². The maximum absolute atomic E-state index is 2.51. The number of hydrogen-bond donors (Lipinski definition) is 0. The van der Waals surface area contributed by atoms with Gasteiger partial charge in [-0.3, -0.25) is 0 Å². The first-order chi connectivity index (χ1) is 29.9. The average Bonchev–Trinajstić information content (AvgIpc) is 4.15. The summed E-state index contributed by atoms with van der Waals surface area (Å²) < 4.78 is 0. The number of rotatable bonds is 4. The van der Waals surface area contributed by atoms with E-state index in [-0.39, 0.29) is 5.41 Å². The molecule has 5 aliphatic rings. The molecule has 0 saturated carbocycles. The van der Waals surface area contributed by atoms with Gasteiger partial charge in [0.25, 0.3) is 0 Å². The Labute approximate surface area is 363 Å². The summed E-state index contributed by atoms with van der Waals surface area (Å²) in [4.78, 5) is 0. The van der Waals surface area contributed by atoms with Crippen molar-refractivity contribution < 1.29 is 0 Å². The molecule has 1 aliphatic carbocycles. The van der Waals surface area contributed by atoms with Crippen LogP contribution in [0.4, 0.5) is 0 Å². The van der Waals surface area contributed by atoms with Gasteiger partial charge >= 0.3 is 0 Å². The molecule has 2 heteroatoms. The lowest BCUT2D eigenvalue weighted by atomic mass is 9.80. The second-order valence-corrected chi connectivity index (χ2v) is 28.0. The minimum absolute atomic E-state index is 0.0992. The van der Waals surface area contributed by atoms with Gasteiger partial charge in [-0.05, 0) is 158 Å². The number of benzene rings is 8. The van der Waals surface area contributed by atoms with E-state index in [1.54, 1.807) is 20.7 Å². The molecule has 0 atom stereocenters. The third kappa shape index (κ3) is 5.10. The predicted molar refractivity (Wildman–Crippen MR) is 264 cm³/mol. The summed E-state index contributed by atoms with van der Waals surface area (Å²) in [7, 11) is -3.16. The lowest BCUT2D eigenvalue weighted by Crippen LogP contribution is -2.52. The molecular formula is C59H50Si2. The van der Waals surface area contributed by atoms with E-state index in [1.807, 2.05) is 0 Å². The highest BCUT2D eigenvalue weighted by Crippen LogP contribution is 2.51. The number of hydrogen-bond acceptors (Lipinski definition) is 0. The fourth-order valence-corrected chi connectivity index (χ4v) is 24.3. The van der Waals surface area contributed by atoms with Crippen LogP contribution in [-0.2, 0) is 5.41 Å². The molecule has 2 spiro atoms. The van der Waals surface area contributed by atoms with Crippen LogP contribution in [0.1, 0.15) is 50.7 Å². The molecule has 8 aromatic rings. The van der Waals surface area contributed by atoms with Gasteiger partial charge < -0.3 is 0 Å². The second kappa shape index (κ2) is 13.1. The van der Waals surface area contributed by atoms with E-state index < -0.39 is 16.1 Å². The lowest BCUT2D eigenvalue weighted by Gasteiger charge is -2.23. The topological polar surface area (TPSA) is 0 Å². The molecule has 0 unspecified atom stereocenters. The normalized spacial score (nSPS) is 17.5. The molecule has 2 fully saturated rings. The van der Waals surface area contributed by atoms with Gasteiger partial charge in [0, 0.05) is 5.41 Å². The largest absolute Gasteiger partial charge is 0.119 e. The Morgan fingerprint density at radius 2 is 0.607 bits per heavy atom. The Balaban J connectivity index is 0.769. The van der Waals surface area contributed by atoms with Crippen LogP contribution in [0.5, 0.6) is 0 Å². The van der Waals surface area contributed by atoms with Crippen LogP contribution in [0.25, 0.3) is 77.9 Å². The third-order valence-electron chi connectivity index (χ3n) is 16.2. The van der Waals surface area contributed by atoms with Crippen LogP contribution in [-0.4, -0.2) is 16.1 Å². The van der Waals surface area contributed by atoms with Crippen molar-refractivity contribution in [2.24, 2.45) is 0 Å². The van der Waals surface area contributed by atoms with Gasteiger partial charge in [0.15, 0.2) is 0 Å². The van der Waals surface area contributed by atoms with Gasteiger partial charge in [-0.15, -0.1) is 0 Å². The highest BCUT2D eigenvalue weighted by Gasteiger charge is 2.48. The molecule has 4 heterocycles. The summed E-state index contributed by atoms with van der Waals surface area (Å²) >= 11 is 0. The molecule has 13 rings (SSSR count). The molecule has 0 nitrogen and oxygen atoms in total. The van der Waals surface area contributed by atoms with Gasteiger partial charge in [-0.2, -0.15) is 0 Å². The SMILES string of the molecule is CC1(C)c2cc(-c3ccc(-c4ccc5c(c4)-c4ccccc4[Si]54CCCC4)cc3)ccc2-c2ccc(-c3ccc(-c4ccc5c(c4)-c4ccccc4[Si]54CCCC4)cc3)cc21. The molecule has 0 aromatic heterocycles. The van der Waals surface area contributed by atoms with Crippen LogP contribution in [0.2, 0.25) is 24.2 Å². The zero-order chi connectivity index (χ0) is 40.5. The van der Waals surface area contributed by atoms with Crippen molar-refractivity contribution >= 4 is 36.9 Å². The van der Waals surface area contributed by atoms with E-state index in [4.69, 9.17) is 0 Å². The minimum Gasteiger partial charge on any atom is -0.0623 e. The molecule has 0 bridgehead atoms. The quantitative estimate of drug-likeness (QED) is 0.155. The van der Waals surface area contributed by atoms with Crippen LogP contribution < -0.4 is 20.7 Å². The van der Waals surface area contributed by atoms with Gasteiger partial charge in [0.2, 0.25) is 0 Å². The minimum atomic E-state index is -1.58. The predicted octanol–water partition coefficient (Wildman–Crippen LogP) is 13.3. The molecule has 0 amide bonds. The molecule has 4 aliphatic heterocycles. The Hall–Kier alpha value is -5.81. The van der Waals surface area contributed by atoms with E-state index >= 15 is 0 Å². The number of fused-ring (bicyclic) bond motifs is 13. The molecule has 8 aromatic carbocycles. The Kier molecular flexibility index (Phi) is 7.71. The summed E-state index contributed by atoms with van der Waals surface area (Å²) in [6.07, 6.45) is 5.55. The Morgan fingerprint density at radius 1 is 0.295 bits per heavy atom. The first kappa shape index (κ1) is 35.9. The molecule has 0 N–H and O–H groups in total. The van der Waals surface area contributed by atoms with Crippen LogP contribution in [0.15, 0.2) is 170 Å². The van der Waals surface area contributed by atoms with E-state index in [1.165, 1.54) is 139 Å². The van der Waals surface area contributed by atoms with E-state index in [0.717, 1.165) is 0 Å². The van der Waals surface area contributed by atoms with Gasteiger partial charge in [0.1, 0.15) is 16.1 Å². The van der Waals surface area contributed by atoms with Crippen LogP contribution >= 0.6 is 0 Å². The van der Waals surface area contributed by atoms with Crippen LogP contribution in [0, 0.1) is 0 Å². The Bertz CT molecular complexity index is 2890. The summed E-state index contributed by atoms with van der Waals surface area (Å²) in [6, 6.07) is 72.1. The maximum atomic E-state index is 2.51. The third-order valence-corrected chi connectivity index (χ3v) is 26.9. The Morgan fingerprint density at radius 3 is 1.00 bits per heavy atom. The van der Waals surface area contributed by atoms with Gasteiger partial charge in [-0.1, -0.05) is 185 Å². The van der Waals surface area contributed by atoms with Crippen molar-refractivity contribution in [1.29, 1.82) is 0 Å². The first-order valence-corrected chi connectivity index (χ1v) is 27.7. The van der Waals surface area contributed by atoms with E-state index in [0.29, 0.717) is 0 Å². The fraction of sp³-hybridized carbons (Fsp3) is 0.186. The summed E-state index contributed by atoms with van der Waals surface area (Å²) in [5.74, 6) is 0. The zero-order valence-electron chi connectivity index (χ0n) is 35.3. The van der Waals surface area contributed by atoms with Crippen molar-refractivity contribution in [3.05, 3.63) is 181 Å². The maximum Gasteiger partial charge on any atom is 0.119 e. The second-order valence-electron chi connectivity index (χ2n) is 19.5. The van der Waals surface area contributed by atoms with Gasteiger partial charge in [-0.25, -0.2) is 0 Å². The highest BCUT2D eigenvalue weighted by molar-refractivity contribution is 7.06. The van der Waals surface area contributed by atoms with E-state index in [9.17, 15) is 0 Å². The van der Waals surface area contributed by atoms with Crippen molar-refractivity contribution in [3.63, 3.8) is 0 Å². The van der Waals surface area contributed by atoms with Crippen molar-refractivity contribution in [2.75, 3.05) is 0 Å². The van der Waals surface area contributed by atoms with E-state index in [2.05, 4.69) is 184 Å². The first-order valence-electron chi connectivity index (χ1n) is 22.9. The monoisotopic (exact) mass is 814 g/mol. The fourth-order valence-electron chi connectivity index (χ4n) is 13.1. The summed E-state index contributed by atoms with van der Waals surface area (Å²) in [6.45, 7) is 4.82. The highest BCUT2D eigenvalue weighted by atomic mass is 28.3. The summed E-state index contributed by atoms with van der Waals surface area (Å²) in [5.41, 5.74) is 21.9. The molecule has 61 heavy (non-hydrogen) atoms. The molecule has 2 saturated heterocycles. The zero-order valence-corrected chi connectivity index (χ0v) is 37.3. The average molecular weight is 815 g/mol. The van der Waals surface area contributed by atoms with Crippen molar-refractivity contribution in [2.45, 2.75) is 69.1 Å². The standard InChI is InChI=1S/C59H50Si2/c1-59(2)53-37-45(41-19-15-39(16-20-41)43-25-29-57-51(35-43)49-11-3-5-13-55(49)60(57)31-7-8-32-60)23-27-47(53)48-28-24-46(38-54(48)59)42-21-17-40(18-22-42)44-26-30-58-52(36-44)50-12-4-6-14-56(50)61(58)33-9-10-34-61/h3-6,11-30,35-38H,7-10,31-34H2,1-2H3. The molecular weight excluding hydrogens is 765 g/mol. The van der Waals surface area contributed by atoms with Gasteiger partial charge in [0.05, 0.1) is 0 Å². The lowest BCUT2D eigenvalue weighted by molar-refractivity contribution is 0.661. The summed E-state index contributed by atoms with van der Waals surface area (Å²) in [5, 5.41) is 6.76. The van der Waals surface area contributed by atoms with Crippen LogP contribution in [0.3, 0.4) is 0 Å².